The smallest absolute Gasteiger partial charge is 0.323 e. The second kappa shape index (κ2) is 31.9. The van der Waals surface area contributed by atoms with Gasteiger partial charge in [0.05, 0.1) is 31.8 Å². The minimum absolute atomic E-state index is 0.0115. The molecule has 0 unspecified atom stereocenters. The Morgan fingerprint density at radius 3 is 1.14 bits per heavy atom. The highest BCUT2D eigenvalue weighted by atomic mass is 31.2. The van der Waals surface area contributed by atoms with Crippen LogP contribution >= 0.6 is 14.9 Å². The summed E-state index contributed by atoms with van der Waals surface area (Å²) >= 11 is 0. The monoisotopic (exact) mass is 1170 g/mol. The van der Waals surface area contributed by atoms with Gasteiger partial charge in [0.25, 0.3) is 0 Å². The van der Waals surface area contributed by atoms with Crippen LogP contribution in [0.25, 0.3) is 22.2 Å². The summed E-state index contributed by atoms with van der Waals surface area (Å²) in [4.78, 5) is 67.0. The van der Waals surface area contributed by atoms with Crippen molar-refractivity contribution in [2.45, 2.75) is 84.1 Å². The summed E-state index contributed by atoms with van der Waals surface area (Å²) < 4.78 is 56.7. The number of carbonyl (C=O) groups excluding carboxylic acids is 4. The number of nitrogens with zero attached hydrogens (tertiary/aromatic N) is 4. The molecule has 0 aliphatic carbocycles. The first-order valence-electron chi connectivity index (χ1n) is 28.2. The van der Waals surface area contributed by atoms with E-state index in [1.165, 1.54) is 6.33 Å². The molecule has 21 heteroatoms. The van der Waals surface area contributed by atoms with Crippen molar-refractivity contribution in [1.82, 2.24) is 39.8 Å². The summed E-state index contributed by atoms with van der Waals surface area (Å²) in [5, 5.41) is 13.4. The fraction of sp³-hybridized carbons (Fsp3) is 0.355. The number of benzene rings is 5. The maximum atomic E-state index is 16.2. The van der Waals surface area contributed by atoms with Gasteiger partial charge in [0.1, 0.15) is 42.0 Å². The van der Waals surface area contributed by atoms with Crippen molar-refractivity contribution >= 4 is 55.6 Å². The number of anilines is 1. The van der Waals surface area contributed by atoms with Crippen molar-refractivity contribution in [3.63, 3.8) is 0 Å². The second-order valence-electron chi connectivity index (χ2n) is 19.8. The highest BCUT2D eigenvalue weighted by molar-refractivity contribution is 7.60. The van der Waals surface area contributed by atoms with Crippen molar-refractivity contribution in [3.8, 4) is 11.1 Å². The third-order valence-corrected chi connectivity index (χ3v) is 18.3. The number of nitrogens with two attached hydrogens (primary N) is 1. The number of rotatable bonds is 34. The van der Waals surface area contributed by atoms with E-state index in [0.29, 0.717) is 11.0 Å². The van der Waals surface area contributed by atoms with Crippen LogP contribution in [0.4, 0.5) is 5.82 Å². The molecule has 7 rings (SSSR count). The standard InChI is InChI=1S/C62H77N9O10P2/c1-5-78-59(72)52(40-46-24-14-9-15-25-46)66-82(76,67-53(60(73)79-6-2)41-47-26-16-10-17-27-47)38-36-70(34-35-71-44-51(50-32-22-13-23-33-50)56-57(63)64-45-65-58(56)71)37-39-83(77,68-54(61(74)80-7-3)42-48-28-18-11-19-29-48)69-55(62(75)81-8-4)43-49-30-20-12-21-31-49/h9-33,44-45,52-55H,5-8,34-43H2,1-4H3,(H2,63,64,65)(H2,66,67,76)(H2,68,69,77)/t52-,53-,54-,55-/m0/s1. The number of nitrogens with one attached hydrogen (secondary N) is 4. The predicted octanol–water partition coefficient (Wildman–Crippen LogP) is 8.42. The van der Waals surface area contributed by atoms with Gasteiger partial charge in [0, 0.05) is 50.3 Å². The van der Waals surface area contributed by atoms with Crippen LogP contribution in [0.1, 0.15) is 49.9 Å². The van der Waals surface area contributed by atoms with Crippen LogP contribution in [0, 0.1) is 0 Å². The quantitative estimate of drug-likeness (QED) is 0.0144. The number of esters is 4. The Kier molecular flexibility index (Phi) is 24.3. The average Bonchev–Trinajstić information content (AvgIpc) is 4.12. The molecular formula is C62H77N9O10P2. The first kappa shape index (κ1) is 63.2. The lowest BCUT2D eigenvalue weighted by Crippen LogP contribution is -2.48. The number of ether oxygens (including phenoxy) is 4. The van der Waals surface area contributed by atoms with E-state index < -0.39 is 62.9 Å². The Morgan fingerprint density at radius 2 is 0.819 bits per heavy atom. The number of aromatic nitrogens is 3. The number of hydrogen-bond donors (Lipinski definition) is 5. The molecule has 6 N–H and O–H groups in total. The van der Waals surface area contributed by atoms with Gasteiger partial charge in [0.15, 0.2) is 0 Å². The second-order valence-corrected chi connectivity index (χ2v) is 24.7. The van der Waals surface area contributed by atoms with Crippen molar-refractivity contribution in [2.75, 3.05) is 64.1 Å². The molecule has 0 fully saturated rings. The maximum absolute atomic E-state index is 16.2. The highest BCUT2D eigenvalue weighted by Crippen LogP contribution is 2.41. The molecule has 0 radical (unpaired) electrons. The number of nitrogen functional groups attached to an aromatic ring is 1. The van der Waals surface area contributed by atoms with Crippen LogP contribution in [-0.4, -0.2) is 126 Å². The molecule has 19 nitrogen and oxygen atoms in total. The van der Waals surface area contributed by atoms with Crippen LogP contribution in [0.5, 0.6) is 0 Å². The fourth-order valence-electron chi connectivity index (χ4n) is 9.74. The molecule has 7 aromatic rings. The van der Waals surface area contributed by atoms with Crippen molar-refractivity contribution in [2.24, 2.45) is 0 Å². The van der Waals surface area contributed by atoms with Crippen LogP contribution in [0.3, 0.4) is 0 Å². The van der Waals surface area contributed by atoms with Gasteiger partial charge in [-0.25, -0.2) is 30.3 Å². The van der Waals surface area contributed by atoms with Crippen LogP contribution in [0.2, 0.25) is 0 Å². The van der Waals surface area contributed by atoms with Gasteiger partial charge in [-0.15, -0.1) is 0 Å². The van der Waals surface area contributed by atoms with Crippen molar-refractivity contribution < 1.29 is 47.3 Å². The molecule has 440 valence electrons. The first-order valence-corrected chi connectivity index (χ1v) is 32.0. The van der Waals surface area contributed by atoms with Gasteiger partial charge in [-0.05, 0) is 81.2 Å². The zero-order valence-corrected chi connectivity index (χ0v) is 49.4. The van der Waals surface area contributed by atoms with Crippen LogP contribution in [-0.2, 0) is 79.5 Å². The van der Waals surface area contributed by atoms with E-state index in [4.69, 9.17) is 24.7 Å². The zero-order chi connectivity index (χ0) is 59.0. The average molecular weight is 1170 g/mol. The largest absolute Gasteiger partial charge is 0.465 e. The zero-order valence-electron chi connectivity index (χ0n) is 47.6. The van der Waals surface area contributed by atoms with E-state index in [0.717, 1.165) is 33.4 Å². The molecule has 0 saturated carbocycles. The minimum atomic E-state index is -4.13. The molecule has 4 atom stereocenters. The van der Waals surface area contributed by atoms with Gasteiger partial charge in [0.2, 0.25) is 14.9 Å². The van der Waals surface area contributed by atoms with Gasteiger partial charge in [-0.2, -0.15) is 0 Å². The summed E-state index contributed by atoms with van der Waals surface area (Å²) in [6.45, 7) is 7.50. The van der Waals surface area contributed by atoms with Crippen molar-refractivity contribution in [3.05, 3.63) is 186 Å². The molecule has 83 heavy (non-hydrogen) atoms. The fourth-order valence-corrected chi connectivity index (χ4v) is 14.3. The normalized spacial score (nSPS) is 13.2. The van der Waals surface area contributed by atoms with E-state index in [2.05, 4.69) is 30.3 Å². The Balaban J connectivity index is 1.31. The number of carbonyl (C=O) groups is 4. The minimum Gasteiger partial charge on any atom is -0.465 e. The summed E-state index contributed by atoms with van der Waals surface area (Å²) in [5.41, 5.74) is 11.9. The van der Waals surface area contributed by atoms with Crippen LogP contribution in [0.15, 0.2) is 164 Å². The van der Waals surface area contributed by atoms with E-state index in [-0.39, 0.29) is 96.4 Å². The third kappa shape index (κ3) is 19.1. The molecule has 0 spiro atoms. The van der Waals surface area contributed by atoms with Crippen LogP contribution < -0.4 is 26.1 Å². The summed E-state index contributed by atoms with van der Waals surface area (Å²) in [7, 11) is -8.26. The summed E-state index contributed by atoms with van der Waals surface area (Å²) in [6, 6.07) is 42.2. The summed E-state index contributed by atoms with van der Waals surface area (Å²) in [5.74, 6) is -2.28. The number of hydrogen-bond acceptors (Lipinski definition) is 14. The third-order valence-electron chi connectivity index (χ3n) is 13.8. The molecule has 0 saturated heterocycles. The lowest BCUT2D eigenvalue weighted by Gasteiger charge is -2.33. The van der Waals surface area contributed by atoms with E-state index in [9.17, 15) is 19.2 Å². The van der Waals surface area contributed by atoms with Gasteiger partial charge in [-0.3, -0.25) is 28.3 Å². The molecule has 5 aromatic carbocycles. The summed E-state index contributed by atoms with van der Waals surface area (Å²) in [6.07, 6.45) is 3.37. The van der Waals surface area contributed by atoms with Gasteiger partial charge in [-0.1, -0.05) is 152 Å². The van der Waals surface area contributed by atoms with Crippen molar-refractivity contribution in [1.29, 1.82) is 0 Å². The highest BCUT2D eigenvalue weighted by Gasteiger charge is 2.38. The molecule has 0 aliphatic heterocycles. The Hall–Kier alpha value is -7.34. The lowest BCUT2D eigenvalue weighted by molar-refractivity contribution is -0.146. The number of fused-ring (bicyclic) bond motifs is 1. The molecule has 0 amide bonds. The Labute approximate surface area is 486 Å². The molecule has 0 aliphatic rings. The molecule has 0 bridgehead atoms. The van der Waals surface area contributed by atoms with E-state index in [1.807, 2.05) is 167 Å². The first-order chi connectivity index (χ1) is 40.2. The predicted molar refractivity (Wildman–Crippen MR) is 324 cm³/mol. The topological polar surface area (TPSA) is 247 Å². The maximum Gasteiger partial charge on any atom is 0.323 e. The van der Waals surface area contributed by atoms with E-state index >= 15 is 9.13 Å². The molecular weight excluding hydrogens is 1090 g/mol. The molecule has 2 heterocycles. The Morgan fingerprint density at radius 1 is 0.494 bits per heavy atom. The van der Waals surface area contributed by atoms with Gasteiger partial charge >= 0.3 is 23.9 Å². The molecule has 2 aromatic heterocycles. The lowest BCUT2D eigenvalue weighted by atomic mass is 10.1. The Bertz CT molecular complexity index is 2960. The van der Waals surface area contributed by atoms with Gasteiger partial charge < -0.3 is 34.1 Å². The SMILES string of the molecule is CCOC(=O)[C@H](Cc1ccccc1)NP(=O)(CCN(CCn1cc(-c2ccccc2)c2c(N)ncnc21)CCP(=O)(N[C@@H](Cc1ccccc1)C(=O)OCC)N[C@@H](Cc1ccccc1)C(=O)OCC)N[C@@H](Cc1ccccc1)C(=O)OCC. The van der Waals surface area contributed by atoms with E-state index in [1.54, 1.807) is 27.7 Å².